The number of hydrogen-bond donors (Lipinski definition) is 2. The molecule has 0 unspecified atom stereocenters. The average Bonchev–Trinajstić information content (AvgIpc) is 3.17. The van der Waals surface area contributed by atoms with E-state index in [0.717, 1.165) is 37.8 Å². The molecule has 1 heterocycles. The fourth-order valence-corrected chi connectivity index (χ4v) is 6.28. The molecular weight excluding hydrogens is 336 g/mol. The molecule has 0 saturated heterocycles. The molecule has 27 heavy (non-hydrogen) atoms. The molecule has 2 fully saturated rings. The van der Waals surface area contributed by atoms with Crippen LogP contribution in [0.1, 0.15) is 55.3 Å². The lowest BCUT2D eigenvalue weighted by Crippen LogP contribution is -2.44. The van der Waals surface area contributed by atoms with Gasteiger partial charge in [0.05, 0.1) is 11.8 Å². The van der Waals surface area contributed by atoms with E-state index in [1.165, 1.54) is 16.7 Å². The van der Waals surface area contributed by atoms with Crippen molar-refractivity contribution in [2.75, 3.05) is 0 Å². The second kappa shape index (κ2) is 5.96. The van der Waals surface area contributed by atoms with E-state index in [4.69, 9.17) is 0 Å². The highest BCUT2D eigenvalue weighted by Gasteiger charge is 2.56. The molecule has 3 aliphatic carbocycles. The largest absolute Gasteiger partial charge is 0.508 e. The van der Waals surface area contributed by atoms with E-state index in [1.54, 1.807) is 0 Å². The van der Waals surface area contributed by atoms with E-state index >= 15 is 0 Å². The Hall–Kier alpha value is -2.07. The van der Waals surface area contributed by atoms with Gasteiger partial charge in [-0.05, 0) is 90.8 Å². The average molecular weight is 364 g/mol. The molecule has 0 amide bonds. The molecule has 2 aromatic rings. The zero-order valence-electron chi connectivity index (χ0n) is 16.1. The maximum Gasteiger partial charge on any atom is 0.115 e. The molecular formula is C23H28N2O2. The SMILES string of the molecule is Cn1nccc1/C=C1\C[C@H]2[C@H]3CCc4cc(O)ccc4[C@H]3CC[C@]2(C)[C@H]1O. The molecule has 0 spiro atoms. The summed E-state index contributed by atoms with van der Waals surface area (Å²) in [6, 6.07) is 7.95. The normalized spacial score (nSPS) is 36.3. The Balaban J connectivity index is 1.50. The molecule has 3 aliphatic rings. The van der Waals surface area contributed by atoms with Gasteiger partial charge in [0.1, 0.15) is 5.75 Å². The summed E-state index contributed by atoms with van der Waals surface area (Å²) in [7, 11) is 1.95. The first kappa shape index (κ1) is 17.1. The topological polar surface area (TPSA) is 58.3 Å². The quantitative estimate of drug-likeness (QED) is 0.803. The van der Waals surface area contributed by atoms with Crippen molar-refractivity contribution < 1.29 is 10.2 Å². The summed E-state index contributed by atoms with van der Waals surface area (Å²) in [4.78, 5) is 0. The highest BCUT2D eigenvalue weighted by Crippen LogP contribution is 2.62. The van der Waals surface area contributed by atoms with Crippen molar-refractivity contribution in [3.8, 4) is 5.75 Å². The summed E-state index contributed by atoms with van der Waals surface area (Å²) in [6.07, 6.45) is 8.98. The van der Waals surface area contributed by atoms with E-state index in [1.807, 2.05) is 36.1 Å². The van der Waals surface area contributed by atoms with E-state index < -0.39 is 0 Å². The number of hydrogen-bond acceptors (Lipinski definition) is 3. The number of aliphatic hydroxyl groups excluding tert-OH is 1. The number of aliphatic hydroxyl groups is 1. The maximum absolute atomic E-state index is 11.2. The molecule has 5 atom stereocenters. The standard InChI is InChI=1S/C23H28N2O2/c1-23-9-7-19-18-6-4-17(26)12-14(18)3-5-20(19)21(23)13-15(22(23)27)11-16-8-10-24-25(16)2/h4,6,8,10-12,19-22,26-27H,3,5,7,9,13H2,1-2H3/b15-11+/t19-,20+,21+,22+,23+/m1/s1. The lowest BCUT2D eigenvalue weighted by Gasteiger charge is -2.49. The zero-order valence-corrected chi connectivity index (χ0v) is 16.1. The molecule has 2 saturated carbocycles. The molecule has 0 bridgehead atoms. The summed E-state index contributed by atoms with van der Waals surface area (Å²) < 4.78 is 1.87. The first-order chi connectivity index (χ1) is 13.0. The predicted molar refractivity (Wildman–Crippen MR) is 105 cm³/mol. The van der Waals surface area contributed by atoms with Crippen LogP contribution in [0.4, 0.5) is 0 Å². The number of phenols is 1. The number of fused-ring (bicyclic) bond motifs is 5. The van der Waals surface area contributed by atoms with E-state index in [9.17, 15) is 10.2 Å². The molecule has 1 aromatic carbocycles. The van der Waals surface area contributed by atoms with Crippen molar-refractivity contribution in [2.24, 2.45) is 24.3 Å². The number of aromatic nitrogens is 2. The van der Waals surface area contributed by atoms with Gasteiger partial charge < -0.3 is 10.2 Å². The van der Waals surface area contributed by atoms with Gasteiger partial charge in [-0.15, -0.1) is 0 Å². The van der Waals surface area contributed by atoms with Gasteiger partial charge in [0.25, 0.3) is 0 Å². The lowest BCUT2D eigenvalue weighted by atomic mass is 9.55. The van der Waals surface area contributed by atoms with Crippen molar-refractivity contribution in [2.45, 2.75) is 51.0 Å². The molecule has 0 aliphatic heterocycles. The second-order valence-corrected chi connectivity index (χ2v) is 9.05. The minimum atomic E-state index is -0.362. The van der Waals surface area contributed by atoms with Crippen LogP contribution in [0.15, 0.2) is 36.0 Å². The summed E-state index contributed by atoms with van der Waals surface area (Å²) in [5.74, 6) is 2.08. The number of aromatic hydroxyl groups is 1. The minimum Gasteiger partial charge on any atom is -0.508 e. The fourth-order valence-electron chi connectivity index (χ4n) is 6.28. The molecule has 4 heteroatoms. The Bertz CT molecular complexity index is 915. The zero-order chi connectivity index (χ0) is 18.8. The molecule has 2 N–H and O–H groups in total. The first-order valence-corrected chi connectivity index (χ1v) is 10.2. The van der Waals surface area contributed by atoms with Gasteiger partial charge in [0.2, 0.25) is 0 Å². The van der Waals surface area contributed by atoms with Crippen molar-refractivity contribution in [3.63, 3.8) is 0 Å². The molecule has 5 rings (SSSR count). The van der Waals surface area contributed by atoms with E-state index in [-0.39, 0.29) is 11.5 Å². The van der Waals surface area contributed by atoms with Gasteiger partial charge in [0.15, 0.2) is 0 Å². The van der Waals surface area contributed by atoms with Crippen molar-refractivity contribution in [1.29, 1.82) is 0 Å². The van der Waals surface area contributed by atoms with Crippen LogP contribution in [0.5, 0.6) is 5.75 Å². The summed E-state index contributed by atoms with van der Waals surface area (Å²) in [5, 5.41) is 25.3. The second-order valence-electron chi connectivity index (χ2n) is 9.05. The molecule has 4 nitrogen and oxygen atoms in total. The summed E-state index contributed by atoms with van der Waals surface area (Å²) in [5.41, 5.74) is 4.96. The van der Waals surface area contributed by atoms with Gasteiger partial charge in [-0.2, -0.15) is 5.10 Å². The van der Waals surface area contributed by atoms with Crippen LogP contribution in [0.25, 0.3) is 6.08 Å². The van der Waals surface area contributed by atoms with Crippen LogP contribution in [0.3, 0.4) is 0 Å². The van der Waals surface area contributed by atoms with Crippen molar-refractivity contribution in [3.05, 3.63) is 52.9 Å². The number of nitrogens with zero attached hydrogens (tertiary/aromatic N) is 2. The smallest absolute Gasteiger partial charge is 0.115 e. The molecule has 0 radical (unpaired) electrons. The van der Waals surface area contributed by atoms with Crippen LogP contribution < -0.4 is 0 Å². The number of phenolic OH excluding ortho intramolecular Hbond substituents is 1. The van der Waals surface area contributed by atoms with Gasteiger partial charge in [-0.3, -0.25) is 4.68 Å². The Morgan fingerprint density at radius 2 is 2.11 bits per heavy atom. The Kier molecular flexibility index (Phi) is 3.77. The predicted octanol–water partition coefficient (Wildman–Crippen LogP) is 4.04. The fraction of sp³-hybridized carbons (Fsp3) is 0.522. The molecule has 142 valence electrons. The third-order valence-corrected chi connectivity index (χ3v) is 7.77. The Morgan fingerprint density at radius 3 is 2.89 bits per heavy atom. The van der Waals surface area contributed by atoms with E-state index in [2.05, 4.69) is 24.2 Å². The monoisotopic (exact) mass is 364 g/mol. The first-order valence-electron chi connectivity index (χ1n) is 10.2. The summed E-state index contributed by atoms with van der Waals surface area (Å²) >= 11 is 0. The summed E-state index contributed by atoms with van der Waals surface area (Å²) in [6.45, 7) is 2.30. The van der Waals surface area contributed by atoms with Gasteiger partial charge in [-0.1, -0.05) is 13.0 Å². The third kappa shape index (κ3) is 2.49. The third-order valence-electron chi connectivity index (χ3n) is 7.77. The van der Waals surface area contributed by atoms with Crippen LogP contribution in [-0.4, -0.2) is 26.1 Å². The van der Waals surface area contributed by atoms with Crippen LogP contribution in [0.2, 0.25) is 0 Å². The van der Waals surface area contributed by atoms with Gasteiger partial charge >= 0.3 is 0 Å². The van der Waals surface area contributed by atoms with Crippen molar-refractivity contribution >= 4 is 6.08 Å². The maximum atomic E-state index is 11.2. The Morgan fingerprint density at radius 1 is 1.26 bits per heavy atom. The molecule has 1 aromatic heterocycles. The van der Waals surface area contributed by atoms with Crippen LogP contribution in [0, 0.1) is 17.3 Å². The van der Waals surface area contributed by atoms with Gasteiger partial charge in [-0.25, -0.2) is 0 Å². The highest BCUT2D eigenvalue weighted by atomic mass is 16.3. The lowest BCUT2D eigenvalue weighted by molar-refractivity contribution is -0.0158. The van der Waals surface area contributed by atoms with Crippen molar-refractivity contribution in [1.82, 2.24) is 9.78 Å². The Labute approximate surface area is 160 Å². The van der Waals surface area contributed by atoms with Crippen LogP contribution >= 0.6 is 0 Å². The van der Waals surface area contributed by atoms with Gasteiger partial charge in [0, 0.05) is 18.7 Å². The number of benzene rings is 1. The van der Waals surface area contributed by atoms with E-state index in [0.29, 0.717) is 23.5 Å². The number of rotatable bonds is 1. The minimum absolute atomic E-state index is 0.0278. The highest BCUT2D eigenvalue weighted by molar-refractivity contribution is 5.52. The van der Waals surface area contributed by atoms with Crippen LogP contribution in [-0.2, 0) is 13.5 Å². The number of aryl methyl sites for hydroxylation is 2.